The lowest BCUT2D eigenvalue weighted by atomic mass is 10.1. The van der Waals surface area contributed by atoms with E-state index in [2.05, 4.69) is 20.6 Å². The third-order valence-corrected chi connectivity index (χ3v) is 2.24. The van der Waals surface area contributed by atoms with E-state index in [1.165, 1.54) is 12.1 Å². The summed E-state index contributed by atoms with van der Waals surface area (Å²) < 4.78 is 0. The number of aliphatic hydroxyl groups is 1. The van der Waals surface area contributed by atoms with E-state index < -0.39 is 17.5 Å². The van der Waals surface area contributed by atoms with Gasteiger partial charge in [-0.2, -0.15) is 5.21 Å². The van der Waals surface area contributed by atoms with Crippen molar-refractivity contribution in [3.05, 3.63) is 35.9 Å². The molecule has 2 aromatic rings. The molecule has 0 aliphatic heterocycles. The monoisotopic (exact) mass is 260 g/mol. The van der Waals surface area contributed by atoms with Crippen LogP contribution >= 0.6 is 0 Å². The first-order valence-electron chi connectivity index (χ1n) is 5.10. The van der Waals surface area contributed by atoms with Gasteiger partial charge in [0.05, 0.1) is 0 Å². The van der Waals surface area contributed by atoms with E-state index in [1.54, 1.807) is 12.1 Å². The van der Waals surface area contributed by atoms with Gasteiger partial charge in [0.15, 0.2) is 0 Å². The minimum absolute atomic E-state index is 0.275. The fraction of sp³-hybridized carbons (Fsp3) is 0. The summed E-state index contributed by atoms with van der Waals surface area (Å²) in [7, 11) is 0. The van der Waals surface area contributed by atoms with Gasteiger partial charge in [-0.15, -0.1) is 10.2 Å². The summed E-state index contributed by atoms with van der Waals surface area (Å²) in [6.45, 7) is 0. The van der Waals surface area contributed by atoms with Crippen LogP contribution in [0.2, 0.25) is 0 Å². The van der Waals surface area contributed by atoms with E-state index in [9.17, 15) is 14.7 Å². The third kappa shape index (κ3) is 2.80. The summed E-state index contributed by atoms with van der Waals surface area (Å²) in [5.41, 5.74) is 0.839. The van der Waals surface area contributed by atoms with Crippen molar-refractivity contribution in [2.75, 3.05) is 0 Å². The lowest BCUT2D eigenvalue weighted by Gasteiger charge is -2.01. The number of tetrazole rings is 1. The highest BCUT2D eigenvalue weighted by Gasteiger charge is 2.11. The topological polar surface area (TPSA) is 129 Å². The number of benzene rings is 1. The van der Waals surface area contributed by atoms with Gasteiger partial charge in [-0.3, -0.25) is 4.79 Å². The van der Waals surface area contributed by atoms with Crippen LogP contribution in [0.15, 0.2) is 30.3 Å². The molecule has 0 bridgehead atoms. The molecule has 0 fully saturated rings. The number of ketones is 1. The van der Waals surface area contributed by atoms with Crippen molar-refractivity contribution in [2.45, 2.75) is 0 Å². The van der Waals surface area contributed by atoms with Crippen LogP contribution in [0, 0.1) is 0 Å². The molecule has 96 valence electrons. The number of nitrogens with zero attached hydrogens (tertiary/aromatic N) is 3. The second kappa shape index (κ2) is 5.08. The number of carbonyl (C=O) groups is 2. The van der Waals surface area contributed by atoms with Crippen LogP contribution in [-0.4, -0.2) is 42.6 Å². The third-order valence-electron chi connectivity index (χ3n) is 2.24. The first-order valence-corrected chi connectivity index (χ1v) is 5.10. The van der Waals surface area contributed by atoms with Crippen LogP contribution in [0.25, 0.3) is 17.1 Å². The Balaban J connectivity index is 2.34. The Bertz CT molecular complexity index is 648. The molecule has 0 saturated carbocycles. The number of carbonyl (C=O) groups excluding carboxylic acids is 1. The molecule has 0 spiro atoms. The number of aromatic nitrogens is 4. The Hall–Kier alpha value is -3.03. The second-order valence-corrected chi connectivity index (χ2v) is 3.52. The maximum atomic E-state index is 11.0. The number of H-pyrrole nitrogens is 1. The zero-order chi connectivity index (χ0) is 13.8. The number of nitrogens with one attached hydrogen (secondary N) is 1. The van der Waals surface area contributed by atoms with Crippen LogP contribution < -0.4 is 0 Å². The predicted molar refractivity (Wildman–Crippen MR) is 62.9 cm³/mol. The number of hydrogen-bond acceptors (Lipinski definition) is 6. The zero-order valence-electron chi connectivity index (χ0n) is 9.44. The minimum Gasteiger partial charge on any atom is -0.507 e. The number of rotatable bonds is 4. The standard InChI is InChI=1S/C11H8N4O4/c16-8(5-9(17)11(18)19)6-2-1-3-7(4-6)10-12-14-15-13-10/h1-5,16H,(H,18,19)(H,12,13,14,15)/b8-5-. The van der Waals surface area contributed by atoms with Gasteiger partial charge in [-0.1, -0.05) is 18.2 Å². The molecule has 0 aliphatic rings. The van der Waals surface area contributed by atoms with E-state index in [0.717, 1.165) is 0 Å². The van der Waals surface area contributed by atoms with Crippen molar-refractivity contribution in [1.29, 1.82) is 0 Å². The largest absolute Gasteiger partial charge is 0.507 e. The van der Waals surface area contributed by atoms with Gasteiger partial charge < -0.3 is 10.2 Å². The van der Waals surface area contributed by atoms with Gasteiger partial charge in [0.1, 0.15) is 5.76 Å². The maximum Gasteiger partial charge on any atom is 0.376 e. The van der Waals surface area contributed by atoms with Crippen molar-refractivity contribution in [2.24, 2.45) is 0 Å². The van der Waals surface area contributed by atoms with Crippen molar-refractivity contribution in [1.82, 2.24) is 20.6 Å². The summed E-state index contributed by atoms with van der Waals surface area (Å²) in [4.78, 5) is 21.3. The Morgan fingerprint density at radius 3 is 2.68 bits per heavy atom. The van der Waals surface area contributed by atoms with E-state index in [0.29, 0.717) is 17.5 Å². The van der Waals surface area contributed by atoms with E-state index in [-0.39, 0.29) is 5.56 Å². The molecule has 0 aliphatic carbocycles. The number of carboxylic acids is 1. The van der Waals surface area contributed by atoms with Crippen LogP contribution in [-0.2, 0) is 9.59 Å². The molecule has 8 heteroatoms. The van der Waals surface area contributed by atoms with E-state index in [4.69, 9.17) is 5.11 Å². The highest BCUT2D eigenvalue weighted by atomic mass is 16.4. The van der Waals surface area contributed by atoms with Gasteiger partial charge >= 0.3 is 5.97 Å². The smallest absolute Gasteiger partial charge is 0.376 e. The molecular formula is C11H8N4O4. The molecule has 1 aromatic carbocycles. The molecule has 0 amide bonds. The maximum absolute atomic E-state index is 11.0. The molecule has 0 unspecified atom stereocenters. The van der Waals surface area contributed by atoms with Gasteiger partial charge in [-0.05, 0) is 11.3 Å². The average molecular weight is 260 g/mol. The fourth-order valence-corrected chi connectivity index (χ4v) is 1.37. The first-order chi connectivity index (χ1) is 9.08. The Labute approximate surface area is 106 Å². The molecule has 3 N–H and O–H groups in total. The number of carboxylic acid groups (broad SMARTS) is 1. The second-order valence-electron chi connectivity index (χ2n) is 3.52. The van der Waals surface area contributed by atoms with Gasteiger partial charge in [-0.25, -0.2) is 4.79 Å². The highest BCUT2D eigenvalue weighted by Crippen LogP contribution is 2.19. The van der Waals surface area contributed by atoms with E-state index in [1.807, 2.05) is 0 Å². The van der Waals surface area contributed by atoms with Crippen molar-refractivity contribution in [3.8, 4) is 11.4 Å². The number of hydrogen-bond donors (Lipinski definition) is 3. The number of aliphatic carboxylic acids is 1. The van der Waals surface area contributed by atoms with Gasteiger partial charge in [0, 0.05) is 17.2 Å². The normalized spacial score (nSPS) is 11.3. The SMILES string of the molecule is O=C(O)C(=O)/C=C(\O)c1cccc(-c2nn[nH]n2)c1. The molecule has 8 nitrogen and oxygen atoms in total. The van der Waals surface area contributed by atoms with Crippen molar-refractivity contribution >= 4 is 17.5 Å². The Morgan fingerprint density at radius 2 is 2.05 bits per heavy atom. The Morgan fingerprint density at radius 1 is 1.26 bits per heavy atom. The summed E-state index contributed by atoms with van der Waals surface area (Å²) >= 11 is 0. The minimum atomic E-state index is -1.64. The van der Waals surface area contributed by atoms with Crippen LogP contribution in [0.4, 0.5) is 0 Å². The Kier molecular flexibility index (Phi) is 3.33. The number of aliphatic hydroxyl groups excluding tert-OH is 1. The molecule has 1 heterocycles. The molecule has 0 atom stereocenters. The highest BCUT2D eigenvalue weighted by molar-refractivity contribution is 6.38. The van der Waals surface area contributed by atoms with Gasteiger partial charge in [0.25, 0.3) is 5.78 Å². The summed E-state index contributed by atoms with van der Waals surface area (Å²) in [5, 5.41) is 31.3. The van der Waals surface area contributed by atoms with Crippen molar-refractivity contribution < 1.29 is 19.8 Å². The average Bonchev–Trinajstić information content (AvgIpc) is 2.92. The number of aromatic amines is 1. The fourth-order valence-electron chi connectivity index (χ4n) is 1.37. The van der Waals surface area contributed by atoms with Crippen LogP contribution in [0.1, 0.15) is 5.56 Å². The van der Waals surface area contributed by atoms with Gasteiger partial charge in [0.2, 0.25) is 5.82 Å². The predicted octanol–water partition coefficient (Wildman–Crippen LogP) is 0.419. The molecular weight excluding hydrogens is 252 g/mol. The summed E-state index contributed by atoms with van der Waals surface area (Å²) in [5.74, 6) is -2.97. The summed E-state index contributed by atoms with van der Waals surface area (Å²) in [6, 6.07) is 6.31. The molecule has 2 rings (SSSR count). The molecule has 0 radical (unpaired) electrons. The molecule has 0 saturated heterocycles. The summed E-state index contributed by atoms with van der Waals surface area (Å²) in [6.07, 6.45) is 0.637. The lowest BCUT2D eigenvalue weighted by Crippen LogP contribution is -2.09. The zero-order valence-corrected chi connectivity index (χ0v) is 9.44. The lowest BCUT2D eigenvalue weighted by molar-refractivity contribution is -0.146. The van der Waals surface area contributed by atoms with Crippen LogP contribution in [0.3, 0.4) is 0 Å². The molecule has 1 aromatic heterocycles. The van der Waals surface area contributed by atoms with Crippen LogP contribution in [0.5, 0.6) is 0 Å². The quantitative estimate of drug-likeness (QED) is 0.412. The molecule has 19 heavy (non-hydrogen) atoms. The first kappa shape index (κ1) is 12.4. The van der Waals surface area contributed by atoms with E-state index >= 15 is 0 Å². The van der Waals surface area contributed by atoms with Crippen molar-refractivity contribution in [3.63, 3.8) is 0 Å².